The van der Waals surface area contributed by atoms with Crippen LogP contribution >= 0.6 is 23.2 Å². The molecule has 0 N–H and O–H groups in total. The van der Waals surface area contributed by atoms with Gasteiger partial charge in [0.2, 0.25) is 0 Å². The first kappa shape index (κ1) is 19.1. The van der Waals surface area contributed by atoms with Gasteiger partial charge in [0.1, 0.15) is 6.29 Å². The number of aldehydes is 1. The molecule has 1 heterocycles. The third-order valence-electron chi connectivity index (χ3n) is 3.94. The molecular formula is C20H16Cl2N2O3. The van der Waals surface area contributed by atoms with Crippen LogP contribution in [0.5, 0.6) is 0 Å². The number of carbonyl (C=O) groups is 2. The molecule has 7 heteroatoms. The molecule has 27 heavy (non-hydrogen) atoms. The van der Waals surface area contributed by atoms with Crippen LogP contribution in [0.15, 0.2) is 48.5 Å². The fourth-order valence-corrected chi connectivity index (χ4v) is 3.13. The Bertz CT molecular complexity index is 981. The van der Waals surface area contributed by atoms with Gasteiger partial charge < -0.3 is 9.53 Å². The third-order valence-corrected chi connectivity index (χ3v) is 4.51. The zero-order valence-corrected chi connectivity index (χ0v) is 16.0. The van der Waals surface area contributed by atoms with Crippen LogP contribution in [-0.4, -0.2) is 28.6 Å². The van der Waals surface area contributed by atoms with Gasteiger partial charge in [0.05, 0.1) is 23.0 Å². The summed E-state index contributed by atoms with van der Waals surface area (Å²) in [6.07, 6.45) is 0.743. The summed E-state index contributed by atoms with van der Waals surface area (Å²) in [4.78, 5) is 23.8. The van der Waals surface area contributed by atoms with Gasteiger partial charge in [-0.25, -0.2) is 9.48 Å². The van der Waals surface area contributed by atoms with E-state index < -0.39 is 5.97 Å². The summed E-state index contributed by atoms with van der Waals surface area (Å²) in [5.41, 5.74) is 2.50. The summed E-state index contributed by atoms with van der Waals surface area (Å²) in [7, 11) is 0. The van der Waals surface area contributed by atoms with E-state index in [2.05, 4.69) is 5.10 Å². The van der Waals surface area contributed by atoms with Crippen LogP contribution in [0, 0.1) is 0 Å². The number of hydrogen-bond donors (Lipinski definition) is 0. The Morgan fingerprint density at radius 2 is 1.85 bits per heavy atom. The highest BCUT2D eigenvalue weighted by molar-refractivity contribution is 6.32. The zero-order chi connectivity index (χ0) is 19.4. The van der Waals surface area contributed by atoms with Crippen LogP contribution in [0.4, 0.5) is 0 Å². The van der Waals surface area contributed by atoms with Gasteiger partial charge in [0, 0.05) is 22.6 Å². The standard InChI is InChI=1S/C20H16Cl2N2O3/c1-2-27-20(26)18-15(11-12-25)19(13-7-9-14(21)10-8-13)24(23-18)17-6-4-3-5-16(17)22/h3-10,12H,2,11H2,1H3. The number of ether oxygens (including phenoxy) is 1. The molecule has 5 nitrogen and oxygen atoms in total. The Hall–Kier alpha value is -2.63. The largest absolute Gasteiger partial charge is 0.461 e. The van der Waals surface area contributed by atoms with Gasteiger partial charge >= 0.3 is 5.97 Å². The molecule has 2 aromatic carbocycles. The summed E-state index contributed by atoms with van der Waals surface area (Å²) in [6, 6.07) is 14.2. The fraction of sp³-hybridized carbons (Fsp3) is 0.150. The van der Waals surface area contributed by atoms with Crippen LogP contribution in [0.2, 0.25) is 10.0 Å². The molecule has 0 spiro atoms. The van der Waals surface area contributed by atoms with E-state index >= 15 is 0 Å². The van der Waals surface area contributed by atoms with Crippen molar-refractivity contribution in [3.8, 4) is 16.9 Å². The van der Waals surface area contributed by atoms with Gasteiger partial charge in [-0.15, -0.1) is 0 Å². The summed E-state index contributed by atoms with van der Waals surface area (Å²) >= 11 is 12.4. The maximum absolute atomic E-state index is 12.4. The Balaban J connectivity index is 2.32. The van der Waals surface area contributed by atoms with E-state index in [4.69, 9.17) is 27.9 Å². The smallest absolute Gasteiger partial charge is 0.359 e. The van der Waals surface area contributed by atoms with Gasteiger partial charge in [-0.3, -0.25) is 0 Å². The first-order chi connectivity index (χ1) is 13.1. The number of esters is 1. The molecule has 0 aliphatic carbocycles. The van der Waals surface area contributed by atoms with E-state index in [1.54, 1.807) is 54.1 Å². The summed E-state index contributed by atoms with van der Waals surface area (Å²) in [5, 5.41) is 5.48. The van der Waals surface area contributed by atoms with Crippen molar-refractivity contribution >= 4 is 35.5 Å². The van der Waals surface area contributed by atoms with Crippen LogP contribution in [0.3, 0.4) is 0 Å². The van der Waals surface area contributed by atoms with Crippen molar-refractivity contribution in [1.82, 2.24) is 9.78 Å². The molecule has 0 bridgehead atoms. The highest BCUT2D eigenvalue weighted by Crippen LogP contribution is 2.33. The predicted molar refractivity (Wildman–Crippen MR) is 105 cm³/mol. The predicted octanol–water partition coefficient (Wildman–Crippen LogP) is 4.76. The second kappa shape index (κ2) is 8.37. The van der Waals surface area contributed by atoms with Crippen molar-refractivity contribution in [2.45, 2.75) is 13.3 Å². The molecule has 1 aromatic heterocycles. The maximum Gasteiger partial charge on any atom is 0.359 e. The number of benzene rings is 2. The highest BCUT2D eigenvalue weighted by atomic mass is 35.5. The minimum absolute atomic E-state index is 0.0105. The highest BCUT2D eigenvalue weighted by Gasteiger charge is 2.26. The number of halogens is 2. The fourth-order valence-electron chi connectivity index (χ4n) is 2.79. The monoisotopic (exact) mass is 402 g/mol. The number of para-hydroxylation sites is 1. The lowest BCUT2D eigenvalue weighted by molar-refractivity contribution is -0.107. The number of carbonyl (C=O) groups excluding carboxylic acids is 2. The summed E-state index contributed by atoms with van der Waals surface area (Å²) in [6.45, 7) is 1.91. The molecule has 3 rings (SSSR count). The van der Waals surface area contributed by atoms with E-state index in [-0.39, 0.29) is 18.7 Å². The Morgan fingerprint density at radius 3 is 2.48 bits per heavy atom. The lowest BCUT2D eigenvalue weighted by Crippen LogP contribution is -2.09. The molecule has 0 aliphatic rings. The molecule has 0 saturated heterocycles. The number of hydrogen-bond acceptors (Lipinski definition) is 4. The molecule has 0 radical (unpaired) electrons. The summed E-state index contributed by atoms with van der Waals surface area (Å²) in [5.74, 6) is -0.588. The van der Waals surface area contributed by atoms with E-state index in [0.717, 1.165) is 11.8 Å². The first-order valence-corrected chi connectivity index (χ1v) is 9.05. The molecule has 0 aliphatic heterocycles. The Morgan fingerprint density at radius 1 is 1.15 bits per heavy atom. The molecule has 0 unspecified atom stereocenters. The molecule has 3 aromatic rings. The second-order valence-electron chi connectivity index (χ2n) is 5.64. The minimum Gasteiger partial charge on any atom is -0.461 e. The Labute approximate surface area is 166 Å². The second-order valence-corrected chi connectivity index (χ2v) is 6.48. The van der Waals surface area contributed by atoms with E-state index in [0.29, 0.717) is 27.0 Å². The van der Waals surface area contributed by atoms with Gasteiger partial charge in [-0.05, 0) is 31.2 Å². The van der Waals surface area contributed by atoms with Crippen LogP contribution in [0.1, 0.15) is 23.0 Å². The molecule has 0 atom stereocenters. The lowest BCUT2D eigenvalue weighted by atomic mass is 10.0. The quantitative estimate of drug-likeness (QED) is 0.440. The van der Waals surface area contributed by atoms with Crippen molar-refractivity contribution in [3.05, 3.63) is 69.8 Å². The van der Waals surface area contributed by atoms with Gasteiger partial charge in [-0.1, -0.05) is 47.5 Å². The topological polar surface area (TPSA) is 61.2 Å². The zero-order valence-electron chi connectivity index (χ0n) is 14.5. The van der Waals surface area contributed by atoms with E-state index in [1.807, 2.05) is 6.07 Å². The minimum atomic E-state index is -0.588. The van der Waals surface area contributed by atoms with Crippen LogP contribution in [0.25, 0.3) is 16.9 Å². The normalized spacial score (nSPS) is 10.6. The number of nitrogens with zero attached hydrogens (tertiary/aromatic N) is 2. The number of rotatable bonds is 6. The third kappa shape index (κ3) is 3.89. The first-order valence-electron chi connectivity index (χ1n) is 8.30. The maximum atomic E-state index is 12.4. The molecule has 0 saturated carbocycles. The average Bonchev–Trinajstić information content (AvgIpc) is 3.02. The van der Waals surface area contributed by atoms with Crippen molar-refractivity contribution in [3.63, 3.8) is 0 Å². The van der Waals surface area contributed by atoms with Crippen molar-refractivity contribution in [1.29, 1.82) is 0 Å². The van der Waals surface area contributed by atoms with Crippen molar-refractivity contribution in [2.75, 3.05) is 6.61 Å². The van der Waals surface area contributed by atoms with Crippen LogP contribution in [-0.2, 0) is 16.0 Å². The van der Waals surface area contributed by atoms with Crippen molar-refractivity contribution in [2.24, 2.45) is 0 Å². The lowest BCUT2D eigenvalue weighted by Gasteiger charge is -2.11. The van der Waals surface area contributed by atoms with E-state index in [1.165, 1.54) is 0 Å². The average molecular weight is 403 g/mol. The van der Waals surface area contributed by atoms with Crippen molar-refractivity contribution < 1.29 is 14.3 Å². The van der Waals surface area contributed by atoms with Gasteiger partial charge in [0.15, 0.2) is 5.69 Å². The van der Waals surface area contributed by atoms with Gasteiger partial charge in [-0.2, -0.15) is 5.10 Å². The van der Waals surface area contributed by atoms with Crippen LogP contribution < -0.4 is 0 Å². The SMILES string of the molecule is CCOC(=O)c1nn(-c2ccccc2Cl)c(-c2ccc(Cl)cc2)c1CC=O. The number of aromatic nitrogens is 2. The molecular weight excluding hydrogens is 387 g/mol. The molecule has 0 fully saturated rings. The summed E-state index contributed by atoms with van der Waals surface area (Å²) < 4.78 is 6.69. The molecule has 138 valence electrons. The van der Waals surface area contributed by atoms with Gasteiger partial charge in [0.25, 0.3) is 0 Å². The Kier molecular flexibility index (Phi) is 5.94. The molecule has 0 amide bonds. The van der Waals surface area contributed by atoms with E-state index in [9.17, 15) is 9.59 Å².